The van der Waals surface area contributed by atoms with Crippen molar-refractivity contribution in [2.24, 2.45) is 11.5 Å². The average Bonchev–Trinajstić information content (AvgIpc) is 3.72. The molecule has 3 aromatic rings. The average molecular weight is 738 g/mol. The number of amides is 3. The molecule has 15 heteroatoms. The number of benzene rings is 2. The highest BCUT2D eigenvalue weighted by Crippen LogP contribution is 2.34. The molecular formula is C39H44FN9O5. The van der Waals surface area contributed by atoms with E-state index in [9.17, 15) is 23.9 Å². The number of carbonyl (C=O) groups is 3. The number of phenols is 1. The fraction of sp³-hybridized carbons (Fsp3) is 0.385. The van der Waals surface area contributed by atoms with Gasteiger partial charge in [-0.2, -0.15) is 0 Å². The number of allylic oxidation sites excluding steroid dienone is 1. The van der Waals surface area contributed by atoms with Gasteiger partial charge in [-0.15, -0.1) is 0 Å². The van der Waals surface area contributed by atoms with Crippen LogP contribution in [0.25, 0.3) is 5.70 Å². The number of rotatable bonds is 8. The van der Waals surface area contributed by atoms with E-state index in [2.05, 4.69) is 37.2 Å². The molecule has 0 saturated carbocycles. The number of phenolic OH excluding ortho intramolecular Hbond substituents is 1. The van der Waals surface area contributed by atoms with Crippen molar-refractivity contribution in [3.05, 3.63) is 99.9 Å². The predicted octanol–water partition coefficient (Wildman–Crippen LogP) is 1.87. The highest BCUT2D eigenvalue weighted by Gasteiger charge is 2.40. The molecule has 7 N–H and O–H groups in total. The third-order valence-electron chi connectivity index (χ3n) is 11.2. The summed E-state index contributed by atoms with van der Waals surface area (Å²) < 4.78 is 20.4. The quantitative estimate of drug-likeness (QED) is 0.212. The topological polar surface area (TPSA) is 183 Å². The van der Waals surface area contributed by atoms with Gasteiger partial charge in [0.1, 0.15) is 18.0 Å². The first-order valence-electron chi connectivity index (χ1n) is 18.3. The van der Waals surface area contributed by atoms with Crippen molar-refractivity contribution < 1.29 is 28.6 Å². The summed E-state index contributed by atoms with van der Waals surface area (Å²) in [5.74, 6) is -1.10. The Bertz CT molecular complexity index is 2080. The van der Waals surface area contributed by atoms with Gasteiger partial charge in [-0.05, 0) is 60.4 Å². The van der Waals surface area contributed by atoms with Crippen LogP contribution in [0.2, 0.25) is 0 Å². The number of anilines is 1. The first kappa shape index (κ1) is 35.2. The second kappa shape index (κ2) is 14.2. The number of carbonyl (C=O) groups excluding carboxylic acids is 3. The molecule has 282 valence electrons. The summed E-state index contributed by atoms with van der Waals surface area (Å²) in [5, 5.41) is 15.8. The second-order valence-corrected chi connectivity index (χ2v) is 14.7. The predicted molar refractivity (Wildman–Crippen MR) is 198 cm³/mol. The van der Waals surface area contributed by atoms with Crippen molar-refractivity contribution in [2.45, 2.75) is 57.5 Å². The number of ether oxygens (including phenoxy) is 1. The number of aromatic nitrogens is 1. The van der Waals surface area contributed by atoms with Gasteiger partial charge in [-0.3, -0.25) is 24.6 Å². The molecule has 8 rings (SSSR count). The van der Waals surface area contributed by atoms with Gasteiger partial charge in [-0.1, -0.05) is 12.1 Å². The van der Waals surface area contributed by atoms with Crippen LogP contribution in [0, 0.1) is 12.7 Å². The molecule has 14 nitrogen and oxygen atoms in total. The van der Waals surface area contributed by atoms with E-state index in [1.807, 2.05) is 30.5 Å². The summed E-state index contributed by atoms with van der Waals surface area (Å²) >= 11 is 0. The summed E-state index contributed by atoms with van der Waals surface area (Å²) in [5.41, 5.74) is 18.4. The molecular weight excluding hydrogens is 693 g/mol. The maximum Gasteiger partial charge on any atom is 0.255 e. The second-order valence-electron chi connectivity index (χ2n) is 14.7. The fourth-order valence-electron chi connectivity index (χ4n) is 8.16. The number of fused-ring (bicyclic) bond motifs is 2. The lowest BCUT2D eigenvalue weighted by Crippen LogP contribution is -2.52. The number of hydrogen-bond donors (Lipinski definition) is 5. The number of aromatic hydroxyl groups is 1. The summed E-state index contributed by atoms with van der Waals surface area (Å²) in [6.07, 6.45) is 4.73. The molecule has 0 radical (unpaired) electrons. The Kier molecular flexibility index (Phi) is 9.26. The van der Waals surface area contributed by atoms with Gasteiger partial charge in [0, 0.05) is 93.4 Å². The molecule has 3 unspecified atom stereocenters. The number of nitrogens with two attached hydrogens (primary N) is 2. The van der Waals surface area contributed by atoms with E-state index >= 15 is 0 Å². The summed E-state index contributed by atoms with van der Waals surface area (Å²) in [6.45, 7) is 7.68. The van der Waals surface area contributed by atoms with Crippen molar-refractivity contribution in [3.8, 4) is 11.6 Å². The van der Waals surface area contributed by atoms with Gasteiger partial charge in [0.25, 0.3) is 5.91 Å². The molecule has 6 heterocycles. The number of halogens is 1. The normalized spacial score (nSPS) is 23.4. The fourth-order valence-corrected chi connectivity index (χ4v) is 8.16. The zero-order valence-corrected chi connectivity index (χ0v) is 30.1. The molecule has 3 amide bonds. The Balaban J connectivity index is 0.853. The Labute approximate surface area is 312 Å². The Morgan fingerprint density at radius 2 is 1.93 bits per heavy atom. The molecule has 0 bridgehead atoms. The van der Waals surface area contributed by atoms with Crippen LogP contribution >= 0.6 is 0 Å². The number of pyridine rings is 1. The molecule has 3 fully saturated rings. The number of piperazine rings is 1. The Morgan fingerprint density at radius 3 is 2.70 bits per heavy atom. The largest absolute Gasteiger partial charge is 0.504 e. The highest BCUT2D eigenvalue weighted by molar-refractivity contribution is 6.05. The molecule has 3 saturated heterocycles. The van der Waals surface area contributed by atoms with Crippen molar-refractivity contribution in [3.63, 3.8) is 0 Å². The van der Waals surface area contributed by atoms with Crippen LogP contribution in [-0.2, 0) is 22.7 Å². The summed E-state index contributed by atoms with van der Waals surface area (Å²) in [7, 11) is 0. The van der Waals surface area contributed by atoms with E-state index < -0.39 is 23.5 Å². The smallest absolute Gasteiger partial charge is 0.255 e. The minimum Gasteiger partial charge on any atom is -0.504 e. The number of nitrogens with zero attached hydrogens (tertiary/aromatic N) is 5. The SMILES string of the molecule is Cc1cc(OC2CC3CNC(N)=C(/C=C(\N)c4cccc(F)c4O)N3C2)ncc1CN1CCN(c2ccc3c(c2)C(=O)N(C2CCC(=O)NC2=O)C3)CC1. The minimum atomic E-state index is -0.745. The van der Waals surface area contributed by atoms with Crippen LogP contribution in [0.3, 0.4) is 0 Å². The van der Waals surface area contributed by atoms with Gasteiger partial charge in [0.05, 0.1) is 18.3 Å². The zero-order valence-electron chi connectivity index (χ0n) is 30.1. The van der Waals surface area contributed by atoms with Crippen LogP contribution in [0.1, 0.15) is 51.9 Å². The number of piperidine rings is 1. The number of imide groups is 1. The molecule has 54 heavy (non-hydrogen) atoms. The van der Waals surface area contributed by atoms with Crippen LogP contribution in [0.15, 0.2) is 66.3 Å². The number of para-hydroxylation sites is 1. The van der Waals surface area contributed by atoms with Crippen LogP contribution in [0.5, 0.6) is 11.6 Å². The molecule has 5 aliphatic rings. The number of hydrogen-bond acceptors (Lipinski definition) is 12. The van der Waals surface area contributed by atoms with E-state index in [-0.39, 0.29) is 41.6 Å². The van der Waals surface area contributed by atoms with Crippen LogP contribution in [0.4, 0.5) is 10.1 Å². The van der Waals surface area contributed by atoms with E-state index in [1.54, 1.807) is 17.0 Å². The van der Waals surface area contributed by atoms with Crippen LogP contribution < -0.4 is 31.7 Å². The third-order valence-corrected chi connectivity index (χ3v) is 11.2. The zero-order chi connectivity index (χ0) is 37.7. The maximum atomic E-state index is 14.0. The van der Waals surface area contributed by atoms with E-state index in [0.29, 0.717) is 49.0 Å². The maximum absolute atomic E-state index is 14.0. The van der Waals surface area contributed by atoms with E-state index in [1.165, 1.54) is 12.1 Å². The van der Waals surface area contributed by atoms with Crippen molar-refractivity contribution in [2.75, 3.05) is 44.2 Å². The van der Waals surface area contributed by atoms with Crippen molar-refractivity contribution in [1.29, 1.82) is 0 Å². The van der Waals surface area contributed by atoms with Gasteiger partial charge >= 0.3 is 0 Å². The van der Waals surface area contributed by atoms with Gasteiger partial charge in [0.15, 0.2) is 11.6 Å². The molecule has 5 aliphatic heterocycles. The molecule has 2 aromatic carbocycles. The van der Waals surface area contributed by atoms with Crippen molar-refractivity contribution >= 4 is 29.1 Å². The highest BCUT2D eigenvalue weighted by atomic mass is 19.1. The van der Waals surface area contributed by atoms with Gasteiger partial charge < -0.3 is 41.3 Å². The lowest BCUT2D eigenvalue weighted by atomic mass is 10.0. The molecule has 0 aliphatic carbocycles. The monoisotopic (exact) mass is 737 g/mol. The van der Waals surface area contributed by atoms with Crippen molar-refractivity contribution in [1.82, 2.24) is 30.3 Å². The van der Waals surface area contributed by atoms with E-state index in [0.717, 1.165) is 61.5 Å². The first-order valence-corrected chi connectivity index (χ1v) is 18.3. The molecule has 3 atom stereocenters. The standard InChI is InChI=1S/C39H44FN9O5/c1-22-13-35(54-27-14-26-18-44-37(42)33(48(26)21-27)16-31(41)28-3-2-4-30(40)36(28)51)43-17-24(22)19-46-9-11-47(12-10-46)25-6-5-23-20-49(39(53)29(23)15-25)32-7-8-34(50)45-38(32)52/h2-6,13,15-17,26-27,32,44,51H,7-12,14,18-21,41-42H2,1H3,(H,45,50,52)/b31-16-. The van der Waals surface area contributed by atoms with Gasteiger partial charge in [0.2, 0.25) is 17.7 Å². The Hall–Kier alpha value is -5.83. The molecule has 0 spiro atoms. The summed E-state index contributed by atoms with van der Waals surface area (Å²) in [6, 6.07) is 11.7. The third kappa shape index (κ3) is 6.75. The van der Waals surface area contributed by atoms with Crippen LogP contribution in [-0.4, -0.2) is 100.0 Å². The lowest BCUT2D eigenvalue weighted by molar-refractivity contribution is -0.136. The first-order chi connectivity index (χ1) is 26.0. The summed E-state index contributed by atoms with van der Waals surface area (Å²) in [4.78, 5) is 50.5. The van der Waals surface area contributed by atoms with E-state index in [4.69, 9.17) is 16.2 Å². The number of nitrogens with one attached hydrogen (secondary N) is 2. The number of aryl methyl sites for hydroxylation is 1. The van der Waals surface area contributed by atoms with Gasteiger partial charge in [-0.25, -0.2) is 9.37 Å². The minimum absolute atomic E-state index is 0.103. The lowest BCUT2D eigenvalue weighted by Gasteiger charge is -2.36. The Morgan fingerprint density at radius 1 is 1.11 bits per heavy atom. The molecule has 1 aromatic heterocycles.